The van der Waals surface area contributed by atoms with Gasteiger partial charge in [-0.15, -0.1) is 0 Å². The fourth-order valence-corrected chi connectivity index (χ4v) is 5.01. The van der Waals surface area contributed by atoms with E-state index in [-0.39, 0.29) is 10.8 Å². The number of hydrogen-bond acceptors (Lipinski definition) is 5. The van der Waals surface area contributed by atoms with E-state index in [9.17, 15) is 4.79 Å². The number of ether oxygens (including phenoxy) is 2. The van der Waals surface area contributed by atoms with Gasteiger partial charge in [-0.2, -0.15) is 0 Å². The molecule has 1 unspecified atom stereocenters. The van der Waals surface area contributed by atoms with Gasteiger partial charge in [0.05, 0.1) is 19.9 Å². The first-order valence-corrected chi connectivity index (χ1v) is 11.5. The molecule has 6 nitrogen and oxygen atoms in total. The van der Waals surface area contributed by atoms with Gasteiger partial charge in [0.1, 0.15) is 11.0 Å². The number of hydrogen-bond donors (Lipinski definition) is 1. The molecule has 5 rings (SSSR count). The highest BCUT2D eigenvalue weighted by Crippen LogP contribution is 2.37. The van der Waals surface area contributed by atoms with Crippen LogP contribution in [-0.2, 0) is 0 Å². The first-order chi connectivity index (χ1) is 16.1. The Labute approximate surface area is 195 Å². The van der Waals surface area contributed by atoms with Gasteiger partial charge in [-0.25, -0.2) is 4.98 Å². The molecule has 2 heterocycles. The standard InChI is InChI=1S/C26H23N3O3S/c1-16(17-9-5-4-6-10-17)33-26-28-23-19-11-7-8-12-20(19)27-24(23)25(30)29(26)18-13-14-21(31-2)22(15-18)32-3/h4-16,27H,1-3H3. The van der Waals surface area contributed by atoms with Crippen molar-refractivity contribution in [1.82, 2.24) is 14.5 Å². The summed E-state index contributed by atoms with van der Waals surface area (Å²) in [5.41, 5.74) is 3.70. The smallest absolute Gasteiger partial charge is 0.283 e. The summed E-state index contributed by atoms with van der Waals surface area (Å²) in [7, 11) is 3.17. The Hall–Kier alpha value is -3.71. The minimum Gasteiger partial charge on any atom is -0.493 e. The third-order valence-corrected chi connectivity index (χ3v) is 6.78. The highest BCUT2D eigenvalue weighted by molar-refractivity contribution is 7.99. The maximum Gasteiger partial charge on any atom is 0.283 e. The highest BCUT2D eigenvalue weighted by atomic mass is 32.2. The summed E-state index contributed by atoms with van der Waals surface area (Å²) in [6.07, 6.45) is 0. The number of para-hydroxylation sites is 1. The van der Waals surface area contributed by atoms with Crippen LogP contribution in [0.2, 0.25) is 0 Å². The second-order valence-corrected chi connectivity index (χ2v) is 8.95. The molecule has 1 N–H and O–H groups in total. The van der Waals surface area contributed by atoms with Gasteiger partial charge in [-0.1, -0.05) is 60.3 Å². The fourth-order valence-electron chi connectivity index (χ4n) is 3.96. The molecule has 0 saturated heterocycles. The van der Waals surface area contributed by atoms with Gasteiger partial charge in [0, 0.05) is 22.2 Å². The predicted octanol–water partition coefficient (Wildman–Crippen LogP) is 5.74. The van der Waals surface area contributed by atoms with Gasteiger partial charge in [-0.05, 0) is 30.7 Å². The average molecular weight is 458 g/mol. The van der Waals surface area contributed by atoms with Gasteiger partial charge in [-0.3, -0.25) is 9.36 Å². The molecule has 0 radical (unpaired) electrons. The lowest BCUT2D eigenvalue weighted by Gasteiger charge is -2.17. The van der Waals surface area contributed by atoms with Crippen molar-refractivity contribution in [3.05, 3.63) is 88.7 Å². The number of aromatic amines is 1. The van der Waals surface area contributed by atoms with Gasteiger partial charge < -0.3 is 14.5 Å². The van der Waals surface area contributed by atoms with E-state index in [0.717, 1.165) is 16.5 Å². The second kappa shape index (κ2) is 8.67. The Balaban J connectivity index is 1.75. The van der Waals surface area contributed by atoms with Crippen LogP contribution in [0.5, 0.6) is 11.5 Å². The largest absolute Gasteiger partial charge is 0.493 e. The Morgan fingerprint density at radius 3 is 2.42 bits per heavy atom. The molecule has 0 aliphatic heterocycles. The predicted molar refractivity (Wildman–Crippen MR) is 133 cm³/mol. The monoisotopic (exact) mass is 457 g/mol. The molecule has 166 valence electrons. The summed E-state index contributed by atoms with van der Waals surface area (Å²) in [5, 5.41) is 1.63. The van der Waals surface area contributed by atoms with E-state index >= 15 is 0 Å². The van der Waals surface area contributed by atoms with Crippen LogP contribution in [0.3, 0.4) is 0 Å². The van der Waals surface area contributed by atoms with E-state index in [4.69, 9.17) is 14.5 Å². The Kier molecular flexibility index (Phi) is 5.56. The summed E-state index contributed by atoms with van der Waals surface area (Å²) in [6, 6.07) is 23.5. The van der Waals surface area contributed by atoms with Crippen molar-refractivity contribution in [3.8, 4) is 17.2 Å². The number of benzene rings is 3. The number of rotatable bonds is 6. The van der Waals surface area contributed by atoms with Crippen LogP contribution in [0, 0.1) is 0 Å². The zero-order chi connectivity index (χ0) is 22.9. The number of fused-ring (bicyclic) bond motifs is 3. The van der Waals surface area contributed by atoms with Crippen LogP contribution >= 0.6 is 11.8 Å². The van der Waals surface area contributed by atoms with Crippen LogP contribution in [0.1, 0.15) is 17.7 Å². The highest BCUT2D eigenvalue weighted by Gasteiger charge is 2.20. The topological polar surface area (TPSA) is 69.1 Å². The molecule has 0 amide bonds. The zero-order valence-electron chi connectivity index (χ0n) is 18.5. The van der Waals surface area contributed by atoms with E-state index < -0.39 is 0 Å². The summed E-state index contributed by atoms with van der Waals surface area (Å²) in [4.78, 5) is 22.0. The number of H-pyrrole nitrogens is 1. The zero-order valence-corrected chi connectivity index (χ0v) is 19.3. The number of thioether (sulfide) groups is 1. The number of nitrogens with zero attached hydrogens (tertiary/aromatic N) is 2. The van der Waals surface area contributed by atoms with Crippen LogP contribution in [-0.4, -0.2) is 28.8 Å². The first-order valence-electron chi connectivity index (χ1n) is 10.6. The Morgan fingerprint density at radius 2 is 1.67 bits per heavy atom. The van der Waals surface area contributed by atoms with Gasteiger partial charge in [0.25, 0.3) is 5.56 Å². The molecule has 2 aromatic heterocycles. The summed E-state index contributed by atoms with van der Waals surface area (Å²) in [6.45, 7) is 2.12. The maximum atomic E-state index is 13.8. The quantitative estimate of drug-likeness (QED) is 0.260. The minimum atomic E-state index is -0.161. The van der Waals surface area contributed by atoms with E-state index in [1.165, 1.54) is 0 Å². The Morgan fingerprint density at radius 1 is 0.939 bits per heavy atom. The summed E-state index contributed by atoms with van der Waals surface area (Å²) >= 11 is 1.55. The van der Waals surface area contributed by atoms with Crippen molar-refractivity contribution in [3.63, 3.8) is 0 Å². The minimum absolute atomic E-state index is 0.0900. The van der Waals surface area contributed by atoms with Crippen molar-refractivity contribution in [2.75, 3.05) is 14.2 Å². The SMILES string of the molecule is COc1ccc(-n2c(SC(C)c3ccccc3)nc3c([nH]c4ccccc43)c2=O)cc1OC. The molecule has 0 aliphatic carbocycles. The van der Waals surface area contributed by atoms with E-state index in [1.807, 2.05) is 48.5 Å². The van der Waals surface area contributed by atoms with E-state index in [2.05, 4.69) is 24.0 Å². The molecular formula is C26H23N3O3S. The molecule has 33 heavy (non-hydrogen) atoms. The molecule has 3 aromatic carbocycles. The molecular weight excluding hydrogens is 434 g/mol. The van der Waals surface area contributed by atoms with Crippen molar-refractivity contribution in [1.29, 1.82) is 0 Å². The normalized spacial score (nSPS) is 12.2. The third kappa shape index (κ3) is 3.74. The Bertz CT molecular complexity index is 1510. The second-order valence-electron chi connectivity index (χ2n) is 7.64. The molecule has 0 saturated carbocycles. The first kappa shape index (κ1) is 21.2. The lowest BCUT2D eigenvalue weighted by Crippen LogP contribution is -2.22. The molecule has 5 aromatic rings. The molecule has 0 aliphatic rings. The van der Waals surface area contributed by atoms with Crippen molar-refractivity contribution in [2.45, 2.75) is 17.3 Å². The van der Waals surface area contributed by atoms with Crippen LogP contribution in [0.25, 0.3) is 27.6 Å². The molecule has 1 atom stereocenters. The van der Waals surface area contributed by atoms with Crippen LogP contribution in [0.4, 0.5) is 0 Å². The van der Waals surface area contributed by atoms with E-state index in [1.54, 1.807) is 42.7 Å². The average Bonchev–Trinajstić information content (AvgIpc) is 3.23. The van der Waals surface area contributed by atoms with Crippen molar-refractivity contribution in [2.24, 2.45) is 0 Å². The van der Waals surface area contributed by atoms with Crippen molar-refractivity contribution >= 4 is 33.7 Å². The third-order valence-electron chi connectivity index (χ3n) is 5.67. The summed E-state index contributed by atoms with van der Waals surface area (Å²) in [5.74, 6) is 1.14. The van der Waals surface area contributed by atoms with Gasteiger partial charge in [0.2, 0.25) is 0 Å². The van der Waals surface area contributed by atoms with Crippen LogP contribution in [0.15, 0.2) is 82.7 Å². The molecule has 7 heteroatoms. The van der Waals surface area contributed by atoms with Crippen LogP contribution < -0.4 is 15.0 Å². The van der Waals surface area contributed by atoms with Gasteiger partial charge >= 0.3 is 0 Å². The maximum absolute atomic E-state index is 13.8. The molecule has 0 spiro atoms. The summed E-state index contributed by atoms with van der Waals surface area (Å²) < 4.78 is 12.5. The number of nitrogens with one attached hydrogen (secondary N) is 1. The molecule has 0 bridgehead atoms. The lowest BCUT2D eigenvalue weighted by atomic mass is 10.2. The lowest BCUT2D eigenvalue weighted by molar-refractivity contribution is 0.354. The molecule has 0 fully saturated rings. The number of aromatic nitrogens is 3. The fraction of sp³-hybridized carbons (Fsp3) is 0.154. The van der Waals surface area contributed by atoms with Gasteiger partial charge in [0.15, 0.2) is 16.7 Å². The number of methoxy groups -OCH3 is 2. The van der Waals surface area contributed by atoms with E-state index in [0.29, 0.717) is 33.4 Å². The van der Waals surface area contributed by atoms with Crippen molar-refractivity contribution < 1.29 is 9.47 Å².